The lowest BCUT2D eigenvalue weighted by Gasteiger charge is -2.12. The molecule has 0 spiro atoms. The number of hydrogen-bond donors (Lipinski definition) is 0. The van der Waals surface area contributed by atoms with Gasteiger partial charge >= 0.3 is 0 Å². The first-order valence-electron chi connectivity index (χ1n) is 7.66. The van der Waals surface area contributed by atoms with Gasteiger partial charge in [0, 0.05) is 5.02 Å². The Morgan fingerprint density at radius 1 is 0.478 bits per heavy atom. The molecule has 0 heterocycles. The van der Waals surface area contributed by atoms with Crippen LogP contribution in [0.25, 0.3) is 33.0 Å². The van der Waals surface area contributed by atoms with Crippen LogP contribution in [0, 0.1) is 0 Å². The molecule has 23 heavy (non-hydrogen) atoms. The van der Waals surface area contributed by atoms with Gasteiger partial charge in [0.25, 0.3) is 0 Å². The van der Waals surface area contributed by atoms with E-state index in [2.05, 4.69) is 66.7 Å². The van der Waals surface area contributed by atoms with Crippen LogP contribution in [0.2, 0.25) is 5.02 Å². The van der Waals surface area contributed by atoms with E-state index >= 15 is 0 Å². The smallest absolute Gasteiger partial charge is 0.0412 e. The highest BCUT2D eigenvalue weighted by atomic mass is 35.5. The molecule has 110 valence electrons. The summed E-state index contributed by atoms with van der Waals surface area (Å²) in [5, 5.41) is 3.27. The lowest BCUT2D eigenvalue weighted by Crippen LogP contribution is -1.86. The molecule has 0 aliphatic rings. The topological polar surface area (TPSA) is 0 Å². The Labute approximate surface area is 141 Å². The molecule has 0 saturated carbocycles. The molecule has 0 fully saturated rings. The summed E-state index contributed by atoms with van der Waals surface area (Å²) >= 11 is 6.17. The maximum atomic E-state index is 6.17. The van der Waals surface area contributed by atoms with Gasteiger partial charge in [-0.2, -0.15) is 0 Å². The van der Waals surface area contributed by atoms with Crippen molar-refractivity contribution in [2.24, 2.45) is 0 Å². The van der Waals surface area contributed by atoms with Crippen molar-refractivity contribution in [2.45, 2.75) is 0 Å². The Morgan fingerprint density at radius 3 is 1.70 bits per heavy atom. The van der Waals surface area contributed by atoms with E-state index in [1.807, 2.05) is 24.3 Å². The quantitative estimate of drug-likeness (QED) is 0.380. The van der Waals surface area contributed by atoms with Gasteiger partial charge in [-0.15, -0.1) is 0 Å². The minimum absolute atomic E-state index is 0.763. The summed E-state index contributed by atoms with van der Waals surface area (Å²) in [7, 11) is 0. The third kappa shape index (κ3) is 2.62. The summed E-state index contributed by atoms with van der Waals surface area (Å²) in [6, 6.07) is 31.5. The summed E-state index contributed by atoms with van der Waals surface area (Å²) in [5.74, 6) is 0. The second kappa shape index (κ2) is 5.91. The molecule has 4 rings (SSSR count). The Bertz CT molecular complexity index is 971. The number of halogens is 1. The van der Waals surface area contributed by atoms with E-state index in [1.165, 1.54) is 27.5 Å². The number of hydrogen-bond acceptors (Lipinski definition) is 0. The molecule has 1 heteroatoms. The van der Waals surface area contributed by atoms with Gasteiger partial charge in [-0.1, -0.05) is 90.5 Å². The van der Waals surface area contributed by atoms with Gasteiger partial charge in [0.15, 0.2) is 0 Å². The van der Waals surface area contributed by atoms with Crippen LogP contribution in [0.1, 0.15) is 0 Å². The Hall–Kier alpha value is -2.57. The average molecular weight is 315 g/mol. The molecule has 4 aromatic rings. The lowest BCUT2D eigenvalue weighted by atomic mass is 9.92. The van der Waals surface area contributed by atoms with Crippen molar-refractivity contribution >= 4 is 22.4 Å². The molecule has 0 amide bonds. The van der Waals surface area contributed by atoms with Crippen molar-refractivity contribution in [1.82, 2.24) is 0 Å². The zero-order valence-electron chi connectivity index (χ0n) is 12.5. The third-order valence-electron chi connectivity index (χ3n) is 4.14. The molecule has 0 aliphatic heterocycles. The van der Waals surface area contributed by atoms with Crippen LogP contribution in [0.4, 0.5) is 0 Å². The molecule has 0 saturated heterocycles. The van der Waals surface area contributed by atoms with Crippen molar-refractivity contribution in [3.63, 3.8) is 0 Å². The molecular weight excluding hydrogens is 300 g/mol. The van der Waals surface area contributed by atoms with Crippen molar-refractivity contribution < 1.29 is 0 Å². The molecule has 0 nitrogen and oxygen atoms in total. The van der Waals surface area contributed by atoms with Crippen LogP contribution in [0.5, 0.6) is 0 Å². The van der Waals surface area contributed by atoms with Crippen LogP contribution < -0.4 is 0 Å². The minimum atomic E-state index is 0.763. The summed E-state index contributed by atoms with van der Waals surface area (Å²) in [6.07, 6.45) is 0. The van der Waals surface area contributed by atoms with E-state index in [0.717, 1.165) is 10.6 Å². The van der Waals surface area contributed by atoms with Gasteiger partial charge in [-0.05, 0) is 45.2 Å². The summed E-state index contributed by atoms with van der Waals surface area (Å²) < 4.78 is 0. The fourth-order valence-corrected chi connectivity index (χ4v) is 3.27. The third-order valence-corrected chi connectivity index (χ3v) is 4.38. The predicted molar refractivity (Wildman–Crippen MR) is 99.8 cm³/mol. The minimum Gasteiger partial charge on any atom is -0.0843 e. The first kappa shape index (κ1) is 14.0. The largest absolute Gasteiger partial charge is 0.0843 e. The first-order valence-corrected chi connectivity index (χ1v) is 8.04. The van der Waals surface area contributed by atoms with Crippen LogP contribution in [0.3, 0.4) is 0 Å². The molecule has 0 N–H and O–H groups in total. The Kier molecular flexibility index (Phi) is 3.61. The average Bonchev–Trinajstić information content (AvgIpc) is 2.61. The first-order chi connectivity index (χ1) is 11.3. The van der Waals surface area contributed by atoms with Gasteiger partial charge in [0.1, 0.15) is 0 Å². The van der Waals surface area contributed by atoms with Crippen LogP contribution in [-0.2, 0) is 0 Å². The van der Waals surface area contributed by atoms with Gasteiger partial charge in [-0.3, -0.25) is 0 Å². The van der Waals surface area contributed by atoms with E-state index < -0.39 is 0 Å². The van der Waals surface area contributed by atoms with E-state index in [9.17, 15) is 0 Å². The highest BCUT2D eigenvalue weighted by Gasteiger charge is 2.09. The molecule has 0 bridgehead atoms. The van der Waals surface area contributed by atoms with Crippen molar-refractivity contribution in [3.05, 3.63) is 96.0 Å². The molecule has 4 aromatic carbocycles. The van der Waals surface area contributed by atoms with E-state index in [0.29, 0.717) is 0 Å². The Morgan fingerprint density at radius 2 is 1.04 bits per heavy atom. The summed E-state index contributed by atoms with van der Waals surface area (Å²) in [5.41, 5.74) is 4.85. The maximum Gasteiger partial charge on any atom is 0.0412 e. The van der Waals surface area contributed by atoms with Gasteiger partial charge in [0.05, 0.1) is 0 Å². The fraction of sp³-hybridized carbons (Fsp3) is 0. The predicted octanol–water partition coefficient (Wildman–Crippen LogP) is 6.83. The molecule has 0 aliphatic carbocycles. The van der Waals surface area contributed by atoms with E-state index in [4.69, 9.17) is 11.6 Å². The fourth-order valence-electron chi connectivity index (χ4n) is 3.08. The van der Waals surface area contributed by atoms with Crippen LogP contribution >= 0.6 is 11.6 Å². The SMILES string of the molecule is Clc1cccc(-c2ccc(-c3ccccc3)c3ccccc23)c1. The van der Waals surface area contributed by atoms with Gasteiger partial charge in [-0.25, -0.2) is 0 Å². The molecule has 0 radical (unpaired) electrons. The van der Waals surface area contributed by atoms with Gasteiger partial charge < -0.3 is 0 Å². The number of rotatable bonds is 2. The number of benzene rings is 4. The monoisotopic (exact) mass is 314 g/mol. The van der Waals surface area contributed by atoms with Crippen molar-refractivity contribution in [2.75, 3.05) is 0 Å². The summed E-state index contributed by atoms with van der Waals surface area (Å²) in [6.45, 7) is 0. The van der Waals surface area contributed by atoms with E-state index in [1.54, 1.807) is 0 Å². The van der Waals surface area contributed by atoms with Crippen LogP contribution in [-0.4, -0.2) is 0 Å². The van der Waals surface area contributed by atoms with E-state index in [-0.39, 0.29) is 0 Å². The van der Waals surface area contributed by atoms with Crippen molar-refractivity contribution in [3.8, 4) is 22.3 Å². The zero-order valence-corrected chi connectivity index (χ0v) is 13.3. The normalized spacial score (nSPS) is 10.8. The maximum absolute atomic E-state index is 6.17. The number of fused-ring (bicyclic) bond motifs is 1. The van der Waals surface area contributed by atoms with Crippen LogP contribution in [0.15, 0.2) is 91.0 Å². The molecular formula is C22H15Cl. The van der Waals surface area contributed by atoms with Crippen molar-refractivity contribution in [1.29, 1.82) is 0 Å². The second-order valence-corrected chi connectivity index (χ2v) is 6.02. The molecule has 0 atom stereocenters. The van der Waals surface area contributed by atoms with Gasteiger partial charge in [0.2, 0.25) is 0 Å². The standard InChI is InChI=1S/C22H15Cl/c23-18-10-6-9-17(15-18)20-14-13-19(16-7-2-1-3-8-16)21-11-4-5-12-22(20)21/h1-15H. The highest BCUT2D eigenvalue weighted by molar-refractivity contribution is 6.31. The Balaban J connectivity index is 2.00. The summed E-state index contributed by atoms with van der Waals surface area (Å²) in [4.78, 5) is 0. The molecule has 0 aromatic heterocycles. The molecule has 0 unspecified atom stereocenters. The second-order valence-electron chi connectivity index (χ2n) is 5.58. The lowest BCUT2D eigenvalue weighted by molar-refractivity contribution is 1.62. The zero-order chi connectivity index (χ0) is 15.6. The highest BCUT2D eigenvalue weighted by Crippen LogP contribution is 2.36.